The number of hydrogen-bond donors (Lipinski definition) is 1. The van der Waals surface area contributed by atoms with Gasteiger partial charge in [0.25, 0.3) is 10.0 Å². The van der Waals surface area contributed by atoms with Gasteiger partial charge in [-0.15, -0.1) is 0 Å². The van der Waals surface area contributed by atoms with E-state index in [1.54, 1.807) is 18.2 Å². The van der Waals surface area contributed by atoms with Crippen molar-refractivity contribution in [2.24, 2.45) is 7.05 Å². The van der Waals surface area contributed by atoms with Crippen LogP contribution in [0.5, 0.6) is 0 Å². The Bertz CT molecular complexity index is 1100. The van der Waals surface area contributed by atoms with E-state index in [-0.39, 0.29) is 10.6 Å². The van der Waals surface area contributed by atoms with Crippen LogP contribution in [0.1, 0.15) is 11.4 Å². The molecule has 3 aromatic rings. The molecule has 1 heterocycles. The summed E-state index contributed by atoms with van der Waals surface area (Å²) in [6.45, 7) is 0. The smallest absolute Gasteiger partial charge is 0.370 e. The van der Waals surface area contributed by atoms with Crippen molar-refractivity contribution < 1.29 is 26.7 Å². The Morgan fingerprint density at radius 2 is 1.62 bits per heavy atom. The van der Waals surface area contributed by atoms with Crippen LogP contribution in [0.25, 0.3) is 0 Å². The summed E-state index contributed by atoms with van der Waals surface area (Å²) in [5, 5.41) is 10.6. The number of nitrogens with zero attached hydrogens (tertiary/aromatic N) is 3. The number of aromatic nitrogens is 2. The number of imidazole rings is 1. The van der Waals surface area contributed by atoms with Crippen molar-refractivity contribution in [2.75, 3.05) is 11.4 Å². The third-order valence-corrected chi connectivity index (χ3v) is 6.41. The van der Waals surface area contributed by atoms with Crippen molar-refractivity contribution in [1.82, 2.24) is 9.55 Å². The number of aryl methyl sites for hydroxylation is 1. The van der Waals surface area contributed by atoms with Crippen LogP contribution < -0.4 is 4.31 Å². The quantitative estimate of drug-likeness (QED) is 0.682. The predicted octanol–water partition coefficient (Wildman–Crippen LogP) is 3.04. The average molecular weight is 425 g/mol. The van der Waals surface area contributed by atoms with E-state index >= 15 is 0 Å². The zero-order valence-corrected chi connectivity index (χ0v) is 16.3. The number of rotatable bonds is 5. The molecule has 154 valence electrons. The first-order chi connectivity index (χ1) is 13.5. The molecule has 0 aliphatic carbocycles. The molecule has 1 atom stereocenters. The zero-order chi connectivity index (χ0) is 21.4. The van der Waals surface area contributed by atoms with Gasteiger partial charge in [0.2, 0.25) is 5.60 Å². The number of benzene rings is 2. The van der Waals surface area contributed by atoms with Gasteiger partial charge in [-0.3, -0.25) is 4.31 Å². The molecule has 1 N–H and O–H groups in total. The first-order valence-corrected chi connectivity index (χ1v) is 9.85. The minimum atomic E-state index is -5.05. The number of sulfonamides is 1. The van der Waals surface area contributed by atoms with Gasteiger partial charge in [-0.2, -0.15) is 13.2 Å². The summed E-state index contributed by atoms with van der Waals surface area (Å²) >= 11 is 0. The van der Waals surface area contributed by atoms with Crippen LogP contribution in [0.15, 0.2) is 71.9 Å². The maximum absolute atomic E-state index is 13.8. The summed E-state index contributed by atoms with van der Waals surface area (Å²) in [5.74, 6) is -0.594. The highest BCUT2D eigenvalue weighted by Crippen LogP contribution is 2.43. The Hall–Kier alpha value is -2.85. The number of alkyl halides is 3. The molecule has 0 aliphatic heterocycles. The highest BCUT2D eigenvalue weighted by molar-refractivity contribution is 7.92. The molecule has 0 saturated carbocycles. The molecule has 3 rings (SSSR count). The molecular weight excluding hydrogens is 407 g/mol. The summed E-state index contributed by atoms with van der Waals surface area (Å²) in [6.07, 6.45) is -2.60. The van der Waals surface area contributed by atoms with E-state index in [1.807, 2.05) is 0 Å². The van der Waals surface area contributed by atoms with E-state index in [0.29, 0.717) is 0 Å². The molecule has 2 aromatic carbocycles. The van der Waals surface area contributed by atoms with Gasteiger partial charge in [-0.05, 0) is 24.3 Å². The monoisotopic (exact) mass is 425 g/mol. The van der Waals surface area contributed by atoms with Gasteiger partial charge in [-0.1, -0.05) is 30.3 Å². The second kappa shape index (κ2) is 7.20. The normalized spacial score (nSPS) is 14.4. The second-order valence-corrected chi connectivity index (χ2v) is 8.37. The van der Waals surface area contributed by atoms with Crippen LogP contribution in [-0.2, 0) is 22.7 Å². The van der Waals surface area contributed by atoms with E-state index in [9.17, 15) is 26.7 Å². The van der Waals surface area contributed by atoms with Crippen LogP contribution in [0.3, 0.4) is 0 Å². The van der Waals surface area contributed by atoms with Crippen molar-refractivity contribution in [3.63, 3.8) is 0 Å². The Morgan fingerprint density at radius 3 is 2.10 bits per heavy atom. The largest absolute Gasteiger partial charge is 0.428 e. The predicted molar refractivity (Wildman–Crippen MR) is 101 cm³/mol. The lowest BCUT2D eigenvalue weighted by Crippen LogP contribution is -2.45. The summed E-state index contributed by atoms with van der Waals surface area (Å²) in [6, 6.07) is 12.1. The zero-order valence-electron chi connectivity index (χ0n) is 15.5. The van der Waals surface area contributed by atoms with E-state index in [0.717, 1.165) is 27.2 Å². The molecule has 0 bridgehead atoms. The highest BCUT2D eigenvalue weighted by atomic mass is 32.2. The van der Waals surface area contributed by atoms with E-state index in [4.69, 9.17) is 0 Å². The topological polar surface area (TPSA) is 75.4 Å². The first-order valence-electron chi connectivity index (χ1n) is 8.41. The van der Waals surface area contributed by atoms with Crippen molar-refractivity contribution in [1.29, 1.82) is 0 Å². The lowest BCUT2D eigenvalue weighted by atomic mass is 9.92. The van der Waals surface area contributed by atoms with E-state index in [1.165, 1.54) is 44.6 Å². The van der Waals surface area contributed by atoms with Gasteiger partial charge in [-0.25, -0.2) is 13.4 Å². The van der Waals surface area contributed by atoms with E-state index in [2.05, 4.69) is 4.98 Å². The Labute approximate surface area is 165 Å². The minimum Gasteiger partial charge on any atom is -0.370 e. The first kappa shape index (κ1) is 20.9. The van der Waals surface area contributed by atoms with Crippen molar-refractivity contribution in [3.05, 3.63) is 78.4 Å². The number of aliphatic hydroxyl groups is 1. The van der Waals surface area contributed by atoms with Crippen molar-refractivity contribution in [3.8, 4) is 0 Å². The fourth-order valence-corrected chi connectivity index (χ4v) is 4.15. The Kier molecular flexibility index (Phi) is 5.18. The van der Waals surface area contributed by atoms with Crippen LogP contribution in [0.4, 0.5) is 18.9 Å². The molecule has 10 heteroatoms. The fourth-order valence-electron chi connectivity index (χ4n) is 2.94. The maximum Gasteiger partial charge on any atom is 0.428 e. The molecular formula is C19H18F3N3O3S. The molecule has 0 fully saturated rings. The second-order valence-electron chi connectivity index (χ2n) is 6.40. The lowest BCUT2D eigenvalue weighted by Gasteiger charge is -2.30. The highest BCUT2D eigenvalue weighted by Gasteiger charge is 2.58. The lowest BCUT2D eigenvalue weighted by molar-refractivity contribution is -0.251. The molecule has 0 spiro atoms. The SMILES string of the molecule is CN(c1ccc(C(O)(c2nccn2C)C(F)(F)F)cc1)S(=O)(=O)c1ccccc1. The number of hydrogen-bond acceptors (Lipinski definition) is 4. The van der Waals surface area contributed by atoms with Gasteiger partial charge in [0, 0.05) is 32.1 Å². The van der Waals surface area contributed by atoms with Gasteiger partial charge in [0.05, 0.1) is 10.6 Å². The van der Waals surface area contributed by atoms with Crippen LogP contribution >= 0.6 is 0 Å². The third kappa shape index (κ3) is 3.49. The van der Waals surface area contributed by atoms with Crippen molar-refractivity contribution >= 4 is 15.7 Å². The molecule has 1 aromatic heterocycles. The molecule has 0 saturated heterocycles. The van der Waals surface area contributed by atoms with Crippen LogP contribution in [0, 0.1) is 0 Å². The van der Waals surface area contributed by atoms with Crippen LogP contribution in [0.2, 0.25) is 0 Å². The number of anilines is 1. The summed E-state index contributed by atoms with van der Waals surface area (Å²) in [7, 11) is -1.25. The fraction of sp³-hybridized carbons (Fsp3) is 0.211. The average Bonchev–Trinajstić information content (AvgIpc) is 3.13. The molecule has 6 nitrogen and oxygen atoms in total. The van der Waals surface area contributed by atoms with Gasteiger partial charge < -0.3 is 9.67 Å². The van der Waals surface area contributed by atoms with Gasteiger partial charge in [0.15, 0.2) is 5.82 Å². The molecule has 29 heavy (non-hydrogen) atoms. The Balaban J connectivity index is 2.02. The molecule has 0 radical (unpaired) electrons. The standard InChI is InChI=1S/C19H18F3N3O3S/c1-24-13-12-23-17(24)18(26,19(20,21)22)14-8-10-15(11-9-14)25(2)29(27,28)16-6-4-3-5-7-16/h3-13,26H,1-2H3. The van der Waals surface area contributed by atoms with Gasteiger partial charge >= 0.3 is 6.18 Å². The maximum atomic E-state index is 13.8. The minimum absolute atomic E-state index is 0.0476. The van der Waals surface area contributed by atoms with Gasteiger partial charge in [0.1, 0.15) is 0 Å². The number of halogens is 3. The van der Waals surface area contributed by atoms with E-state index < -0.39 is 33.2 Å². The van der Waals surface area contributed by atoms with Crippen molar-refractivity contribution in [2.45, 2.75) is 16.7 Å². The molecule has 1 unspecified atom stereocenters. The molecule has 0 aliphatic rings. The third-order valence-electron chi connectivity index (χ3n) is 4.61. The molecule has 0 amide bonds. The Morgan fingerprint density at radius 1 is 1.03 bits per heavy atom. The summed E-state index contributed by atoms with van der Waals surface area (Å²) in [4.78, 5) is 3.70. The summed E-state index contributed by atoms with van der Waals surface area (Å²) < 4.78 is 68.8. The van der Waals surface area contributed by atoms with Crippen LogP contribution in [-0.4, -0.2) is 36.3 Å². The summed E-state index contributed by atoms with van der Waals surface area (Å²) in [5.41, 5.74) is -3.68.